The van der Waals surface area contributed by atoms with E-state index >= 15 is 0 Å². The van der Waals surface area contributed by atoms with Gasteiger partial charge in [-0.2, -0.15) is 0 Å². The van der Waals surface area contributed by atoms with Crippen LogP contribution in [0, 0.1) is 11.8 Å². The van der Waals surface area contributed by atoms with Gasteiger partial charge in [0, 0.05) is 43.7 Å². The molecule has 1 aliphatic carbocycles. The van der Waals surface area contributed by atoms with E-state index in [-0.39, 0.29) is 35.6 Å². The lowest BCUT2D eigenvalue weighted by Gasteiger charge is -2.35. The molecule has 1 aromatic rings. The molecule has 0 radical (unpaired) electrons. The number of piperidine rings is 2. The second-order valence-electron chi connectivity index (χ2n) is 8.34. The molecule has 1 N–H and O–H groups in total. The number of nitrogens with one attached hydrogen (secondary N) is 1. The van der Waals surface area contributed by atoms with Crippen molar-refractivity contribution in [2.75, 3.05) is 26.2 Å². The fourth-order valence-electron chi connectivity index (χ4n) is 4.29. The van der Waals surface area contributed by atoms with Crippen molar-refractivity contribution in [1.82, 2.24) is 15.1 Å². The van der Waals surface area contributed by atoms with E-state index in [1.165, 1.54) is 0 Å². The lowest BCUT2D eigenvalue weighted by atomic mass is 9.95. The zero-order valence-electron chi connectivity index (χ0n) is 16.3. The fraction of sp³-hybridized carbons (Fsp3) is 0.591. The van der Waals surface area contributed by atoms with Gasteiger partial charge in [-0.3, -0.25) is 14.4 Å². The summed E-state index contributed by atoms with van der Waals surface area (Å²) in [4.78, 5) is 41.3. The molecular formula is C22H29N3O3. The van der Waals surface area contributed by atoms with Crippen LogP contribution in [0.1, 0.15) is 48.9 Å². The first kappa shape index (κ1) is 19.0. The van der Waals surface area contributed by atoms with E-state index in [2.05, 4.69) is 5.32 Å². The molecule has 3 amide bonds. The molecule has 150 valence electrons. The third-order valence-electron chi connectivity index (χ3n) is 6.18. The zero-order chi connectivity index (χ0) is 19.5. The lowest BCUT2D eigenvalue weighted by molar-refractivity contribution is -0.137. The molecule has 6 nitrogen and oxygen atoms in total. The molecule has 3 fully saturated rings. The summed E-state index contributed by atoms with van der Waals surface area (Å²) in [6, 6.07) is 9.45. The SMILES string of the molecule is O=C(NC1CCN(C(=O)c2ccccc2)CC1)C1CCCN(C(=O)C2CC2)C1. The fourth-order valence-corrected chi connectivity index (χ4v) is 4.29. The number of amides is 3. The zero-order valence-corrected chi connectivity index (χ0v) is 16.3. The minimum absolute atomic E-state index is 0.0619. The van der Waals surface area contributed by atoms with Gasteiger partial charge in [0.2, 0.25) is 11.8 Å². The van der Waals surface area contributed by atoms with E-state index in [1.54, 1.807) is 0 Å². The van der Waals surface area contributed by atoms with Gasteiger partial charge in [0.25, 0.3) is 5.91 Å². The maximum Gasteiger partial charge on any atom is 0.253 e. The molecule has 1 saturated carbocycles. The van der Waals surface area contributed by atoms with Gasteiger partial charge >= 0.3 is 0 Å². The van der Waals surface area contributed by atoms with Crippen LogP contribution in [0.5, 0.6) is 0 Å². The molecule has 0 bridgehead atoms. The number of nitrogens with zero attached hydrogens (tertiary/aromatic N) is 2. The first-order valence-corrected chi connectivity index (χ1v) is 10.6. The van der Waals surface area contributed by atoms with Gasteiger partial charge < -0.3 is 15.1 Å². The maximum absolute atomic E-state index is 12.7. The first-order valence-electron chi connectivity index (χ1n) is 10.6. The van der Waals surface area contributed by atoms with Crippen LogP contribution in [-0.2, 0) is 9.59 Å². The Labute approximate surface area is 166 Å². The monoisotopic (exact) mass is 383 g/mol. The summed E-state index contributed by atoms with van der Waals surface area (Å²) in [6.07, 6.45) is 5.33. The Kier molecular flexibility index (Phi) is 5.64. The molecule has 1 unspecified atom stereocenters. The van der Waals surface area contributed by atoms with Gasteiger partial charge in [-0.15, -0.1) is 0 Å². The van der Waals surface area contributed by atoms with Crippen LogP contribution in [-0.4, -0.2) is 59.7 Å². The van der Waals surface area contributed by atoms with Gasteiger partial charge in [0.05, 0.1) is 5.92 Å². The van der Waals surface area contributed by atoms with Crippen LogP contribution in [0.2, 0.25) is 0 Å². The lowest BCUT2D eigenvalue weighted by Crippen LogP contribution is -2.51. The Bertz CT molecular complexity index is 724. The molecule has 1 atom stereocenters. The van der Waals surface area contributed by atoms with E-state index in [4.69, 9.17) is 0 Å². The Morgan fingerprint density at radius 2 is 1.54 bits per heavy atom. The Balaban J connectivity index is 1.24. The Morgan fingerprint density at radius 1 is 0.821 bits per heavy atom. The van der Waals surface area contributed by atoms with Crippen LogP contribution in [0.4, 0.5) is 0 Å². The highest BCUT2D eigenvalue weighted by atomic mass is 16.2. The molecular weight excluding hydrogens is 354 g/mol. The predicted molar refractivity (Wildman–Crippen MR) is 106 cm³/mol. The molecule has 3 aliphatic rings. The molecule has 1 aromatic carbocycles. The maximum atomic E-state index is 12.7. The molecule has 28 heavy (non-hydrogen) atoms. The van der Waals surface area contributed by atoms with Crippen LogP contribution in [0.25, 0.3) is 0 Å². The van der Waals surface area contributed by atoms with E-state index in [1.807, 2.05) is 40.1 Å². The molecule has 0 spiro atoms. The highest BCUT2D eigenvalue weighted by molar-refractivity contribution is 5.94. The van der Waals surface area contributed by atoms with Crippen molar-refractivity contribution in [2.45, 2.75) is 44.6 Å². The van der Waals surface area contributed by atoms with Crippen molar-refractivity contribution < 1.29 is 14.4 Å². The highest BCUT2D eigenvalue weighted by Gasteiger charge is 2.37. The van der Waals surface area contributed by atoms with Crippen LogP contribution in [0.3, 0.4) is 0 Å². The van der Waals surface area contributed by atoms with E-state index < -0.39 is 0 Å². The Hall–Kier alpha value is -2.37. The third-order valence-corrected chi connectivity index (χ3v) is 6.18. The molecule has 2 saturated heterocycles. The molecule has 2 aliphatic heterocycles. The van der Waals surface area contributed by atoms with Crippen molar-refractivity contribution in [2.24, 2.45) is 11.8 Å². The van der Waals surface area contributed by atoms with Crippen LogP contribution < -0.4 is 5.32 Å². The number of likely N-dealkylation sites (tertiary alicyclic amines) is 2. The van der Waals surface area contributed by atoms with Crippen molar-refractivity contribution in [1.29, 1.82) is 0 Å². The van der Waals surface area contributed by atoms with Gasteiger partial charge in [0.1, 0.15) is 0 Å². The van der Waals surface area contributed by atoms with Crippen molar-refractivity contribution in [3.8, 4) is 0 Å². The number of hydrogen-bond acceptors (Lipinski definition) is 3. The van der Waals surface area contributed by atoms with Gasteiger partial charge in [-0.25, -0.2) is 0 Å². The largest absolute Gasteiger partial charge is 0.353 e. The standard InChI is InChI=1S/C22H29N3O3/c26-20(18-7-4-12-25(15-18)22(28)17-8-9-17)23-19-10-13-24(14-11-19)21(27)16-5-2-1-3-6-16/h1-3,5-6,17-19H,4,7-15H2,(H,23,26). The number of benzene rings is 1. The molecule has 0 aromatic heterocycles. The molecule has 4 rings (SSSR count). The van der Waals surface area contributed by atoms with Crippen molar-refractivity contribution in [3.63, 3.8) is 0 Å². The average molecular weight is 383 g/mol. The highest BCUT2D eigenvalue weighted by Crippen LogP contribution is 2.32. The summed E-state index contributed by atoms with van der Waals surface area (Å²) in [7, 11) is 0. The normalized spacial score (nSPS) is 23.4. The summed E-state index contributed by atoms with van der Waals surface area (Å²) in [5, 5.41) is 3.18. The quantitative estimate of drug-likeness (QED) is 0.865. The summed E-state index contributed by atoms with van der Waals surface area (Å²) in [5.41, 5.74) is 0.715. The summed E-state index contributed by atoms with van der Waals surface area (Å²) in [5.74, 6) is 0.493. The second kappa shape index (κ2) is 8.33. The summed E-state index contributed by atoms with van der Waals surface area (Å²) in [6.45, 7) is 2.68. The number of carbonyl (C=O) groups excluding carboxylic acids is 3. The van der Waals surface area contributed by atoms with Gasteiger partial charge in [0.15, 0.2) is 0 Å². The van der Waals surface area contributed by atoms with Crippen molar-refractivity contribution in [3.05, 3.63) is 35.9 Å². The minimum atomic E-state index is -0.0968. The van der Waals surface area contributed by atoms with E-state index in [0.717, 1.165) is 45.1 Å². The minimum Gasteiger partial charge on any atom is -0.353 e. The predicted octanol–water partition coefficient (Wildman–Crippen LogP) is 2.06. The van der Waals surface area contributed by atoms with Gasteiger partial charge in [-0.1, -0.05) is 18.2 Å². The first-order chi connectivity index (χ1) is 13.6. The summed E-state index contributed by atoms with van der Waals surface area (Å²) >= 11 is 0. The van der Waals surface area contributed by atoms with E-state index in [9.17, 15) is 14.4 Å². The third kappa shape index (κ3) is 4.37. The number of carbonyl (C=O) groups is 3. The number of hydrogen-bond donors (Lipinski definition) is 1. The van der Waals surface area contributed by atoms with Crippen molar-refractivity contribution >= 4 is 17.7 Å². The summed E-state index contributed by atoms with van der Waals surface area (Å²) < 4.78 is 0. The molecule has 2 heterocycles. The van der Waals surface area contributed by atoms with Crippen LogP contribution >= 0.6 is 0 Å². The second-order valence-corrected chi connectivity index (χ2v) is 8.34. The average Bonchev–Trinajstić information content (AvgIpc) is 3.59. The number of rotatable bonds is 4. The topological polar surface area (TPSA) is 69.7 Å². The Morgan fingerprint density at radius 3 is 2.21 bits per heavy atom. The van der Waals surface area contributed by atoms with Crippen LogP contribution in [0.15, 0.2) is 30.3 Å². The smallest absolute Gasteiger partial charge is 0.253 e. The van der Waals surface area contributed by atoms with E-state index in [0.29, 0.717) is 25.2 Å². The van der Waals surface area contributed by atoms with Gasteiger partial charge in [-0.05, 0) is 50.7 Å². The molecule has 6 heteroatoms.